The molecule has 1 aromatic heterocycles. The third kappa shape index (κ3) is 4.71. The van der Waals surface area contributed by atoms with Crippen molar-refractivity contribution in [1.29, 1.82) is 0 Å². The van der Waals surface area contributed by atoms with E-state index in [0.717, 1.165) is 16.2 Å². The topological polar surface area (TPSA) is 116 Å². The highest BCUT2D eigenvalue weighted by molar-refractivity contribution is 9.10. The zero-order valence-electron chi connectivity index (χ0n) is 14.5. The predicted molar refractivity (Wildman–Crippen MR) is 104 cm³/mol. The first-order valence-corrected chi connectivity index (χ1v) is 11.5. The fourth-order valence-corrected chi connectivity index (χ4v) is 5.23. The second kappa shape index (κ2) is 8.29. The van der Waals surface area contributed by atoms with E-state index in [2.05, 4.69) is 31.1 Å². The maximum absolute atomic E-state index is 12.7. The Labute approximate surface area is 169 Å². The molecule has 0 amide bonds. The third-order valence-corrected chi connectivity index (χ3v) is 7.79. The van der Waals surface area contributed by atoms with Crippen LogP contribution in [0.2, 0.25) is 0 Å². The number of thioether (sulfide) groups is 1. The second-order valence-electron chi connectivity index (χ2n) is 6.23. The van der Waals surface area contributed by atoms with Crippen LogP contribution in [0.4, 0.5) is 0 Å². The van der Waals surface area contributed by atoms with Crippen molar-refractivity contribution in [2.75, 3.05) is 13.1 Å². The minimum atomic E-state index is -3.51. The Hall–Kier alpha value is -1.43. The summed E-state index contributed by atoms with van der Waals surface area (Å²) < 4.78 is 27.8. The van der Waals surface area contributed by atoms with E-state index in [-0.39, 0.29) is 10.8 Å². The maximum atomic E-state index is 12.7. The Morgan fingerprint density at radius 1 is 1.33 bits per heavy atom. The van der Waals surface area contributed by atoms with Crippen molar-refractivity contribution < 1.29 is 18.3 Å². The fourth-order valence-electron chi connectivity index (χ4n) is 2.83. The van der Waals surface area contributed by atoms with Gasteiger partial charge >= 0.3 is 5.97 Å². The molecule has 8 nitrogen and oxygen atoms in total. The Kier molecular flexibility index (Phi) is 6.24. The van der Waals surface area contributed by atoms with Gasteiger partial charge in [-0.1, -0.05) is 27.7 Å². The number of benzene rings is 1. The van der Waals surface area contributed by atoms with Gasteiger partial charge in [0.15, 0.2) is 0 Å². The largest absolute Gasteiger partial charge is 0.480 e. The SMILES string of the molecule is C[C@@H](Sc1n[nH]c(C2CCN(S(=O)(=O)c3ccc(Br)cc3)CC2)n1)C(=O)O. The zero-order valence-corrected chi connectivity index (χ0v) is 17.7. The normalized spacial score (nSPS) is 17.7. The monoisotopic (exact) mass is 474 g/mol. The number of carboxylic acids is 1. The number of H-pyrrole nitrogens is 1. The molecule has 0 radical (unpaired) electrons. The molecule has 27 heavy (non-hydrogen) atoms. The third-order valence-electron chi connectivity index (χ3n) is 4.40. The van der Waals surface area contributed by atoms with Crippen LogP contribution in [0.5, 0.6) is 0 Å². The molecule has 0 bridgehead atoms. The lowest BCUT2D eigenvalue weighted by Crippen LogP contribution is -2.38. The number of halogens is 1. The van der Waals surface area contributed by atoms with Gasteiger partial charge in [-0.3, -0.25) is 9.89 Å². The Morgan fingerprint density at radius 3 is 2.56 bits per heavy atom. The number of nitrogens with one attached hydrogen (secondary N) is 1. The van der Waals surface area contributed by atoms with E-state index in [9.17, 15) is 13.2 Å². The molecule has 1 saturated heterocycles. The van der Waals surface area contributed by atoms with Crippen molar-refractivity contribution in [2.24, 2.45) is 0 Å². The van der Waals surface area contributed by atoms with Crippen LogP contribution in [0, 0.1) is 0 Å². The summed E-state index contributed by atoms with van der Waals surface area (Å²) in [6.07, 6.45) is 1.26. The van der Waals surface area contributed by atoms with Gasteiger partial charge in [0.1, 0.15) is 11.1 Å². The van der Waals surface area contributed by atoms with Crippen LogP contribution in [-0.2, 0) is 14.8 Å². The number of piperidine rings is 1. The molecule has 0 aliphatic carbocycles. The lowest BCUT2D eigenvalue weighted by Gasteiger charge is -2.30. The highest BCUT2D eigenvalue weighted by Crippen LogP contribution is 2.30. The molecule has 1 aromatic carbocycles. The molecule has 146 valence electrons. The molecule has 0 saturated carbocycles. The van der Waals surface area contributed by atoms with Crippen molar-refractivity contribution in [2.45, 2.75) is 41.0 Å². The average Bonchev–Trinajstić information content (AvgIpc) is 3.10. The van der Waals surface area contributed by atoms with Crippen molar-refractivity contribution >= 4 is 43.7 Å². The van der Waals surface area contributed by atoms with Crippen LogP contribution in [0.3, 0.4) is 0 Å². The van der Waals surface area contributed by atoms with E-state index in [4.69, 9.17) is 5.11 Å². The highest BCUT2D eigenvalue weighted by Gasteiger charge is 2.31. The Bertz CT molecular complexity index is 909. The molecule has 0 unspecified atom stereocenters. The first-order valence-electron chi connectivity index (χ1n) is 8.35. The lowest BCUT2D eigenvalue weighted by molar-refractivity contribution is -0.136. The van der Waals surface area contributed by atoms with Crippen LogP contribution in [0.1, 0.15) is 31.5 Å². The molecule has 1 aliphatic heterocycles. The number of hydrogen-bond donors (Lipinski definition) is 2. The highest BCUT2D eigenvalue weighted by atomic mass is 79.9. The summed E-state index contributed by atoms with van der Waals surface area (Å²) in [5.74, 6) is -0.170. The number of hydrogen-bond acceptors (Lipinski definition) is 6. The lowest BCUT2D eigenvalue weighted by atomic mass is 9.98. The molecule has 3 rings (SSSR count). The average molecular weight is 475 g/mol. The van der Waals surface area contributed by atoms with Crippen LogP contribution >= 0.6 is 27.7 Å². The maximum Gasteiger partial charge on any atom is 0.316 e. The smallest absolute Gasteiger partial charge is 0.316 e. The van der Waals surface area contributed by atoms with Gasteiger partial charge in [-0.05, 0) is 44.0 Å². The molecule has 1 aliphatic rings. The zero-order chi connectivity index (χ0) is 19.6. The number of aromatic amines is 1. The van der Waals surface area contributed by atoms with Gasteiger partial charge in [0.2, 0.25) is 15.2 Å². The van der Waals surface area contributed by atoms with Gasteiger partial charge in [-0.25, -0.2) is 13.4 Å². The van der Waals surface area contributed by atoms with Crippen LogP contribution in [0.15, 0.2) is 38.8 Å². The molecular formula is C16H19BrN4O4S2. The van der Waals surface area contributed by atoms with E-state index in [1.54, 1.807) is 31.2 Å². The van der Waals surface area contributed by atoms with Crippen molar-refractivity contribution in [3.05, 3.63) is 34.6 Å². The van der Waals surface area contributed by atoms with E-state index < -0.39 is 21.2 Å². The Morgan fingerprint density at radius 2 is 1.96 bits per heavy atom. The van der Waals surface area contributed by atoms with E-state index in [0.29, 0.717) is 36.9 Å². The number of sulfonamides is 1. The number of nitrogens with zero attached hydrogens (tertiary/aromatic N) is 3. The minimum absolute atomic E-state index is 0.0725. The molecule has 2 aromatic rings. The summed E-state index contributed by atoms with van der Waals surface area (Å²) in [6, 6.07) is 6.61. The standard InChI is InChI=1S/C16H19BrN4O4S2/c1-10(15(22)23)26-16-18-14(19-20-16)11-6-8-21(9-7-11)27(24,25)13-4-2-12(17)3-5-13/h2-5,10-11H,6-9H2,1H3,(H,22,23)(H,18,19,20)/t10-/m1/s1. The van der Waals surface area contributed by atoms with Crippen LogP contribution in [0.25, 0.3) is 0 Å². The molecule has 2 N–H and O–H groups in total. The molecule has 2 heterocycles. The van der Waals surface area contributed by atoms with Crippen LogP contribution < -0.4 is 0 Å². The summed E-state index contributed by atoms with van der Waals surface area (Å²) >= 11 is 4.38. The molecule has 1 atom stereocenters. The fraction of sp³-hybridized carbons (Fsp3) is 0.438. The molecule has 1 fully saturated rings. The van der Waals surface area contributed by atoms with Crippen molar-refractivity contribution in [3.8, 4) is 0 Å². The second-order valence-corrected chi connectivity index (χ2v) is 10.4. The quantitative estimate of drug-likeness (QED) is 0.617. The number of aliphatic carboxylic acids is 1. The van der Waals surface area contributed by atoms with Gasteiger partial charge in [0, 0.05) is 23.5 Å². The predicted octanol–water partition coefficient (Wildman–Crippen LogP) is 2.70. The number of carbonyl (C=O) groups is 1. The van der Waals surface area contributed by atoms with Gasteiger partial charge in [-0.2, -0.15) is 4.31 Å². The van der Waals surface area contributed by atoms with E-state index in [1.807, 2.05) is 0 Å². The van der Waals surface area contributed by atoms with Crippen molar-refractivity contribution in [1.82, 2.24) is 19.5 Å². The molecular weight excluding hydrogens is 456 g/mol. The van der Waals surface area contributed by atoms with E-state index >= 15 is 0 Å². The van der Waals surface area contributed by atoms with Gasteiger partial charge in [0.25, 0.3) is 0 Å². The first kappa shape index (κ1) is 20.3. The van der Waals surface area contributed by atoms with Crippen molar-refractivity contribution in [3.63, 3.8) is 0 Å². The summed E-state index contributed by atoms with van der Waals surface area (Å²) in [4.78, 5) is 15.6. The number of rotatable bonds is 6. The van der Waals surface area contributed by atoms with Gasteiger partial charge in [-0.15, -0.1) is 5.10 Å². The van der Waals surface area contributed by atoms with Crippen LogP contribution in [-0.4, -0.2) is 57.3 Å². The van der Waals surface area contributed by atoms with Gasteiger partial charge in [0.05, 0.1) is 4.90 Å². The van der Waals surface area contributed by atoms with Gasteiger partial charge < -0.3 is 5.11 Å². The van der Waals surface area contributed by atoms with E-state index in [1.165, 1.54) is 4.31 Å². The minimum Gasteiger partial charge on any atom is -0.480 e. The summed E-state index contributed by atoms with van der Waals surface area (Å²) in [6.45, 7) is 2.38. The number of aromatic nitrogens is 3. The summed E-state index contributed by atoms with van der Waals surface area (Å²) in [7, 11) is -3.51. The Balaban J connectivity index is 1.63. The number of carboxylic acid groups (broad SMARTS) is 1. The summed E-state index contributed by atoms with van der Waals surface area (Å²) in [5, 5.41) is 15.7. The summed E-state index contributed by atoms with van der Waals surface area (Å²) in [5.41, 5.74) is 0. The molecule has 0 spiro atoms. The first-order chi connectivity index (χ1) is 12.8. The molecule has 11 heteroatoms.